The maximum atomic E-state index is 4.01. The molecule has 0 radical (unpaired) electrons. The van der Waals surface area contributed by atoms with Crippen LogP contribution >= 0.6 is 0 Å². The molecule has 3 atom stereocenters. The highest BCUT2D eigenvalue weighted by Gasteiger charge is 2.38. The third-order valence-electron chi connectivity index (χ3n) is 7.73. The van der Waals surface area contributed by atoms with Gasteiger partial charge < -0.3 is 9.88 Å². The summed E-state index contributed by atoms with van der Waals surface area (Å²) in [6.45, 7) is 3.22. The first-order valence-electron chi connectivity index (χ1n) is 11.8. The lowest BCUT2D eigenvalue weighted by atomic mass is 9.76. The molecule has 0 amide bonds. The lowest BCUT2D eigenvalue weighted by Crippen LogP contribution is -2.29. The molecule has 0 bridgehead atoms. The van der Waals surface area contributed by atoms with Crippen molar-refractivity contribution in [1.82, 2.24) is 4.57 Å². The fraction of sp³-hybridized carbons (Fsp3) is 0.200. The predicted octanol–water partition coefficient (Wildman–Crippen LogP) is 7.79. The summed E-state index contributed by atoms with van der Waals surface area (Å²) in [6.07, 6.45) is 5.95. The number of rotatable bonds is 2. The smallest absolute Gasteiger partial charge is 0.0554 e. The van der Waals surface area contributed by atoms with E-state index < -0.39 is 0 Å². The fourth-order valence-corrected chi connectivity index (χ4v) is 6.28. The van der Waals surface area contributed by atoms with Crippen LogP contribution in [0, 0.1) is 5.92 Å². The second-order valence-electron chi connectivity index (χ2n) is 9.26. The molecule has 2 heterocycles. The molecule has 0 saturated heterocycles. The molecule has 3 unspecified atom stereocenters. The number of anilines is 1. The largest absolute Gasteiger partial charge is 0.377 e. The maximum absolute atomic E-state index is 4.01. The van der Waals surface area contributed by atoms with Gasteiger partial charge in [-0.3, -0.25) is 0 Å². The first-order chi connectivity index (χ1) is 15.8. The Morgan fingerprint density at radius 1 is 0.844 bits per heavy atom. The molecule has 2 heteroatoms. The van der Waals surface area contributed by atoms with Crippen molar-refractivity contribution in [2.75, 3.05) is 5.32 Å². The molecular formula is C30H26N2. The van der Waals surface area contributed by atoms with Crippen LogP contribution in [-0.2, 0) is 6.54 Å². The van der Waals surface area contributed by atoms with Gasteiger partial charge in [0.05, 0.1) is 6.04 Å². The molecule has 2 aliphatic rings. The van der Waals surface area contributed by atoms with Crippen molar-refractivity contribution in [2.45, 2.75) is 31.8 Å². The predicted molar refractivity (Wildman–Crippen MR) is 135 cm³/mol. The van der Waals surface area contributed by atoms with Gasteiger partial charge in [0.15, 0.2) is 0 Å². The highest BCUT2D eigenvalue weighted by atomic mass is 15.0. The van der Waals surface area contributed by atoms with E-state index in [1.54, 1.807) is 0 Å². The van der Waals surface area contributed by atoms with E-state index in [-0.39, 0.29) is 0 Å². The van der Waals surface area contributed by atoms with Crippen molar-refractivity contribution >= 4 is 38.3 Å². The Labute approximate surface area is 188 Å². The normalized spacial score (nSPS) is 21.7. The summed E-state index contributed by atoms with van der Waals surface area (Å²) in [6, 6.07) is 29.7. The van der Waals surface area contributed by atoms with Crippen LogP contribution in [0.25, 0.3) is 32.6 Å². The van der Waals surface area contributed by atoms with Crippen LogP contribution in [-0.4, -0.2) is 4.57 Å². The van der Waals surface area contributed by atoms with Crippen LogP contribution in [0.3, 0.4) is 0 Å². The molecule has 32 heavy (non-hydrogen) atoms. The van der Waals surface area contributed by atoms with Crippen LogP contribution < -0.4 is 5.32 Å². The average Bonchev–Trinajstić information content (AvgIpc) is 3.46. The zero-order valence-electron chi connectivity index (χ0n) is 18.3. The SMILES string of the molecule is CCn1c2ccccc2c2cc(C3Nc4c(ccc5ccccc45)C4C=CCC43)ccc21. The van der Waals surface area contributed by atoms with Crippen molar-refractivity contribution in [3.05, 3.63) is 102 Å². The zero-order chi connectivity index (χ0) is 21.2. The Kier molecular flexibility index (Phi) is 3.81. The number of aromatic nitrogens is 1. The number of aryl methyl sites for hydroxylation is 1. The molecule has 4 aromatic carbocycles. The Bertz CT molecular complexity index is 1540. The minimum absolute atomic E-state index is 0.307. The van der Waals surface area contributed by atoms with Crippen LogP contribution in [0.1, 0.15) is 36.4 Å². The molecule has 1 aromatic heterocycles. The van der Waals surface area contributed by atoms with Gasteiger partial charge in [-0.1, -0.05) is 72.8 Å². The summed E-state index contributed by atoms with van der Waals surface area (Å²) in [5.74, 6) is 1.04. The van der Waals surface area contributed by atoms with Crippen LogP contribution in [0.15, 0.2) is 91.0 Å². The van der Waals surface area contributed by atoms with Gasteiger partial charge in [-0.25, -0.2) is 0 Å². The van der Waals surface area contributed by atoms with E-state index in [0.717, 1.165) is 13.0 Å². The minimum atomic E-state index is 0.307. The second kappa shape index (κ2) is 6.74. The van der Waals surface area contributed by atoms with Gasteiger partial charge >= 0.3 is 0 Å². The number of nitrogens with one attached hydrogen (secondary N) is 1. The van der Waals surface area contributed by atoms with Crippen LogP contribution in [0.5, 0.6) is 0 Å². The lowest BCUT2D eigenvalue weighted by Gasteiger charge is -2.38. The topological polar surface area (TPSA) is 17.0 Å². The van der Waals surface area contributed by atoms with Gasteiger partial charge in [0, 0.05) is 45.3 Å². The summed E-state index contributed by atoms with van der Waals surface area (Å²) in [4.78, 5) is 0. The molecule has 0 fully saturated rings. The zero-order valence-corrected chi connectivity index (χ0v) is 18.3. The standard InChI is InChI=1S/C30H26N2/c1-2-32-27-13-6-5-10-23(27)26-18-20(15-17-28(26)32)29-24-12-7-11-22(24)25-16-14-19-8-3-4-9-21(19)30(25)31-29/h3-11,13-18,22,24,29,31H,2,12H2,1H3. The first kappa shape index (κ1) is 18.1. The molecule has 1 aliphatic carbocycles. The summed E-state index contributed by atoms with van der Waals surface area (Å²) >= 11 is 0. The van der Waals surface area contributed by atoms with Gasteiger partial charge in [-0.05, 0) is 54.0 Å². The van der Waals surface area contributed by atoms with E-state index in [4.69, 9.17) is 0 Å². The van der Waals surface area contributed by atoms with E-state index in [2.05, 4.69) is 108 Å². The first-order valence-corrected chi connectivity index (χ1v) is 11.8. The quantitative estimate of drug-likeness (QED) is 0.292. The molecule has 1 aliphatic heterocycles. The van der Waals surface area contributed by atoms with Crippen LogP contribution in [0.4, 0.5) is 5.69 Å². The molecule has 7 rings (SSSR count). The molecule has 0 saturated carbocycles. The Morgan fingerprint density at radius 3 is 2.56 bits per heavy atom. The van der Waals surface area contributed by atoms with E-state index >= 15 is 0 Å². The number of fused-ring (bicyclic) bond motifs is 8. The average molecular weight is 415 g/mol. The van der Waals surface area contributed by atoms with Gasteiger partial charge in [0.2, 0.25) is 0 Å². The highest BCUT2D eigenvalue weighted by Crippen LogP contribution is 2.51. The number of allylic oxidation sites excluding steroid dienone is 2. The summed E-state index contributed by atoms with van der Waals surface area (Å²) in [5.41, 5.74) is 6.82. The van der Waals surface area contributed by atoms with Crippen molar-refractivity contribution in [3.8, 4) is 0 Å². The molecule has 0 spiro atoms. The number of nitrogens with zero attached hydrogens (tertiary/aromatic N) is 1. The van der Waals surface area contributed by atoms with E-state index in [0.29, 0.717) is 17.9 Å². The number of benzene rings is 4. The van der Waals surface area contributed by atoms with Gasteiger partial charge in [-0.15, -0.1) is 0 Å². The second-order valence-corrected chi connectivity index (χ2v) is 9.26. The fourth-order valence-electron chi connectivity index (χ4n) is 6.28. The molecule has 156 valence electrons. The number of hydrogen-bond donors (Lipinski definition) is 1. The highest BCUT2D eigenvalue weighted by molar-refractivity contribution is 6.08. The third-order valence-corrected chi connectivity index (χ3v) is 7.73. The number of hydrogen-bond acceptors (Lipinski definition) is 1. The summed E-state index contributed by atoms with van der Waals surface area (Å²) < 4.78 is 2.44. The van der Waals surface area contributed by atoms with E-state index in [1.807, 2.05) is 0 Å². The minimum Gasteiger partial charge on any atom is -0.377 e. The Balaban J connectivity index is 1.43. The Morgan fingerprint density at radius 2 is 1.66 bits per heavy atom. The number of para-hydroxylation sites is 1. The monoisotopic (exact) mass is 414 g/mol. The molecule has 2 nitrogen and oxygen atoms in total. The van der Waals surface area contributed by atoms with E-state index in [9.17, 15) is 0 Å². The summed E-state index contributed by atoms with van der Waals surface area (Å²) in [7, 11) is 0. The Hall–Kier alpha value is -3.52. The summed E-state index contributed by atoms with van der Waals surface area (Å²) in [5, 5.41) is 9.37. The van der Waals surface area contributed by atoms with Gasteiger partial charge in [-0.2, -0.15) is 0 Å². The van der Waals surface area contributed by atoms with Crippen molar-refractivity contribution < 1.29 is 0 Å². The van der Waals surface area contributed by atoms with Crippen molar-refractivity contribution in [1.29, 1.82) is 0 Å². The molecule has 1 N–H and O–H groups in total. The van der Waals surface area contributed by atoms with E-state index in [1.165, 1.54) is 49.4 Å². The maximum Gasteiger partial charge on any atom is 0.0554 e. The van der Waals surface area contributed by atoms with Crippen molar-refractivity contribution in [3.63, 3.8) is 0 Å². The van der Waals surface area contributed by atoms with Crippen LogP contribution in [0.2, 0.25) is 0 Å². The van der Waals surface area contributed by atoms with Crippen molar-refractivity contribution in [2.24, 2.45) is 5.92 Å². The van der Waals surface area contributed by atoms with Gasteiger partial charge in [0.1, 0.15) is 0 Å². The molecular weight excluding hydrogens is 388 g/mol. The third kappa shape index (κ3) is 2.41. The lowest BCUT2D eigenvalue weighted by molar-refractivity contribution is 0.426. The van der Waals surface area contributed by atoms with Gasteiger partial charge in [0.25, 0.3) is 0 Å². The molecule has 5 aromatic rings.